The van der Waals surface area contributed by atoms with Crippen molar-refractivity contribution in [2.24, 2.45) is 0 Å². The maximum Gasteiger partial charge on any atom is 0.167 e. The third-order valence-corrected chi connectivity index (χ3v) is 3.02. The van der Waals surface area contributed by atoms with Crippen molar-refractivity contribution in [3.63, 3.8) is 0 Å². The molecule has 5 nitrogen and oxygen atoms in total. The number of hydrogen-bond acceptors (Lipinski definition) is 4. The van der Waals surface area contributed by atoms with Gasteiger partial charge in [-0.1, -0.05) is 11.6 Å². The monoisotopic (exact) mass is 238 g/mol. The molecule has 0 spiro atoms. The van der Waals surface area contributed by atoms with E-state index in [4.69, 9.17) is 16.3 Å². The van der Waals surface area contributed by atoms with Crippen LogP contribution in [0.15, 0.2) is 12.4 Å². The Balaban J connectivity index is 2.04. The Kier molecular flexibility index (Phi) is 2.29. The molecule has 1 aliphatic heterocycles. The predicted octanol–water partition coefficient (Wildman–Crippen LogP) is 2.02. The fourth-order valence-electron chi connectivity index (χ4n) is 2.00. The number of aromatic nitrogens is 4. The van der Waals surface area contributed by atoms with E-state index in [2.05, 4.69) is 22.1 Å². The second-order valence-corrected chi connectivity index (χ2v) is 4.40. The van der Waals surface area contributed by atoms with Crippen LogP contribution >= 0.6 is 11.6 Å². The van der Waals surface area contributed by atoms with Crippen molar-refractivity contribution >= 4 is 17.2 Å². The standard InChI is InChI=1S/C10H11ClN4O/c1-6-2-3-7(16-6)10-14-13-9-4-8(11)12-5-15(9)10/h4-7H,2-3H2,1H3. The first-order valence-corrected chi connectivity index (χ1v) is 5.63. The van der Waals surface area contributed by atoms with Gasteiger partial charge in [-0.25, -0.2) is 4.98 Å². The maximum absolute atomic E-state index is 5.79. The lowest BCUT2D eigenvalue weighted by Crippen LogP contribution is -2.05. The largest absolute Gasteiger partial charge is 0.367 e. The van der Waals surface area contributed by atoms with E-state index in [9.17, 15) is 0 Å². The van der Waals surface area contributed by atoms with E-state index in [1.807, 2.05) is 4.40 Å². The second-order valence-electron chi connectivity index (χ2n) is 4.01. The summed E-state index contributed by atoms with van der Waals surface area (Å²) in [5.41, 5.74) is 0.707. The van der Waals surface area contributed by atoms with E-state index in [1.54, 1.807) is 12.4 Å². The van der Waals surface area contributed by atoms with E-state index < -0.39 is 0 Å². The molecule has 1 fully saturated rings. The van der Waals surface area contributed by atoms with Crippen LogP contribution in [0.2, 0.25) is 5.15 Å². The minimum absolute atomic E-state index is 0.0213. The minimum atomic E-state index is 0.0213. The van der Waals surface area contributed by atoms with Crippen molar-refractivity contribution in [1.29, 1.82) is 0 Å². The summed E-state index contributed by atoms with van der Waals surface area (Å²) >= 11 is 5.79. The molecular weight excluding hydrogens is 228 g/mol. The Morgan fingerprint density at radius 1 is 1.44 bits per heavy atom. The number of fused-ring (bicyclic) bond motifs is 1. The van der Waals surface area contributed by atoms with Crippen LogP contribution < -0.4 is 0 Å². The fraction of sp³-hybridized carbons (Fsp3) is 0.500. The summed E-state index contributed by atoms with van der Waals surface area (Å²) in [4.78, 5) is 4.02. The van der Waals surface area contributed by atoms with Gasteiger partial charge in [-0.05, 0) is 19.8 Å². The summed E-state index contributed by atoms with van der Waals surface area (Å²) in [7, 11) is 0. The topological polar surface area (TPSA) is 52.3 Å². The van der Waals surface area contributed by atoms with Gasteiger partial charge in [0, 0.05) is 6.07 Å². The first-order chi connectivity index (χ1) is 7.74. The Morgan fingerprint density at radius 2 is 2.31 bits per heavy atom. The van der Waals surface area contributed by atoms with Crippen LogP contribution in [0.25, 0.3) is 5.65 Å². The van der Waals surface area contributed by atoms with Crippen LogP contribution in [-0.4, -0.2) is 25.7 Å². The van der Waals surface area contributed by atoms with Crippen LogP contribution in [0.3, 0.4) is 0 Å². The van der Waals surface area contributed by atoms with Gasteiger partial charge in [0.2, 0.25) is 0 Å². The number of hydrogen-bond donors (Lipinski definition) is 0. The van der Waals surface area contributed by atoms with Crippen LogP contribution in [0.4, 0.5) is 0 Å². The molecule has 0 aromatic carbocycles. The van der Waals surface area contributed by atoms with E-state index in [-0.39, 0.29) is 12.2 Å². The molecule has 0 saturated carbocycles. The molecular formula is C10H11ClN4O. The summed E-state index contributed by atoms with van der Waals surface area (Å²) in [5.74, 6) is 0.809. The summed E-state index contributed by atoms with van der Waals surface area (Å²) in [6.45, 7) is 2.07. The van der Waals surface area contributed by atoms with E-state index in [0.29, 0.717) is 10.8 Å². The zero-order chi connectivity index (χ0) is 11.1. The lowest BCUT2D eigenvalue weighted by atomic mass is 10.2. The van der Waals surface area contributed by atoms with Gasteiger partial charge in [-0.2, -0.15) is 0 Å². The molecule has 0 N–H and O–H groups in total. The van der Waals surface area contributed by atoms with E-state index in [1.165, 1.54) is 0 Å². The number of ether oxygens (including phenoxy) is 1. The molecule has 84 valence electrons. The number of rotatable bonds is 1. The Morgan fingerprint density at radius 3 is 3.06 bits per heavy atom. The number of nitrogens with zero attached hydrogens (tertiary/aromatic N) is 4. The average Bonchev–Trinajstić information content (AvgIpc) is 2.83. The molecule has 0 radical (unpaired) electrons. The highest BCUT2D eigenvalue weighted by atomic mass is 35.5. The SMILES string of the molecule is CC1CCC(c2nnc3cc(Cl)ncn23)O1. The quantitative estimate of drug-likeness (QED) is 0.714. The molecule has 16 heavy (non-hydrogen) atoms. The highest BCUT2D eigenvalue weighted by Gasteiger charge is 2.27. The average molecular weight is 239 g/mol. The molecule has 0 amide bonds. The van der Waals surface area contributed by atoms with Crippen molar-refractivity contribution in [3.05, 3.63) is 23.4 Å². The van der Waals surface area contributed by atoms with Crippen molar-refractivity contribution in [3.8, 4) is 0 Å². The smallest absolute Gasteiger partial charge is 0.167 e. The number of halogens is 1. The summed E-state index contributed by atoms with van der Waals surface area (Å²) in [6, 6.07) is 1.69. The molecule has 1 saturated heterocycles. The zero-order valence-electron chi connectivity index (χ0n) is 8.80. The molecule has 3 rings (SSSR count). The van der Waals surface area contributed by atoms with Gasteiger partial charge in [0.25, 0.3) is 0 Å². The molecule has 2 unspecified atom stereocenters. The van der Waals surface area contributed by atoms with Gasteiger partial charge in [-0.15, -0.1) is 10.2 Å². The Bertz CT molecular complexity index is 527. The highest BCUT2D eigenvalue weighted by Crippen LogP contribution is 2.31. The van der Waals surface area contributed by atoms with Gasteiger partial charge in [0.15, 0.2) is 11.5 Å². The van der Waals surface area contributed by atoms with Crippen LogP contribution in [-0.2, 0) is 4.74 Å². The van der Waals surface area contributed by atoms with Crippen molar-refractivity contribution in [2.75, 3.05) is 0 Å². The molecule has 0 aliphatic carbocycles. The van der Waals surface area contributed by atoms with Gasteiger partial charge >= 0.3 is 0 Å². The Hall–Kier alpha value is -1.20. The van der Waals surface area contributed by atoms with E-state index in [0.717, 1.165) is 18.7 Å². The van der Waals surface area contributed by atoms with E-state index >= 15 is 0 Å². The van der Waals surface area contributed by atoms with Crippen molar-refractivity contribution in [2.45, 2.75) is 32.0 Å². The molecule has 2 aromatic heterocycles. The normalized spacial score (nSPS) is 25.4. The summed E-state index contributed by atoms with van der Waals surface area (Å²) in [5, 5.41) is 8.62. The van der Waals surface area contributed by atoms with Crippen molar-refractivity contribution in [1.82, 2.24) is 19.6 Å². The first kappa shape index (κ1) is 9.99. The minimum Gasteiger partial charge on any atom is -0.367 e. The lowest BCUT2D eigenvalue weighted by molar-refractivity contribution is 0.0497. The molecule has 0 bridgehead atoms. The fourth-order valence-corrected chi connectivity index (χ4v) is 2.14. The highest BCUT2D eigenvalue weighted by molar-refractivity contribution is 6.29. The molecule has 6 heteroatoms. The van der Waals surface area contributed by atoms with Gasteiger partial charge < -0.3 is 4.74 Å². The van der Waals surface area contributed by atoms with Gasteiger partial charge in [0.1, 0.15) is 17.6 Å². The second kappa shape index (κ2) is 3.68. The third-order valence-electron chi connectivity index (χ3n) is 2.81. The van der Waals surface area contributed by atoms with Gasteiger partial charge in [-0.3, -0.25) is 4.40 Å². The predicted molar refractivity (Wildman–Crippen MR) is 58.3 cm³/mol. The third kappa shape index (κ3) is 1.56. The van der Waals surface area contributed by atoms with Crippen LogP contribution in [0, 0.1) is 0 Å². The van der Waals surface area contributed by atoms with Gasteiger partial charge in [0.05, 0.1) is 6.10 Å². The van der Waals surface area contributed by atoms with Crippen LogP contribution in [0.1, 0.15) is 31.7 Å². The Labute approximate surface area is 97.4 Å². The lowest BCUT2D eigenvalue weighted by Gasteiger charge is -2.08. The van der Waals surface area contributed by atoms with Crippen molar-refractivity contribution < 1.29 is 4.74 Å². The molecule has 1 aliphatic rings. The first-order valence-electron chi connectivity index (χ1n) is 5.25. The molecule has 2 atom stereocenters. The summed E-state index contributed by atoms with van der Waals surface area (Å²) < 4.78 is 7.59. The molecule has 2 aromatic rings. The maximum atomic E-state index is 5.79. The zero-order valence-corrected chi connectivity index (χ0v) is 9.55. The summed E-state index contributed by atoms with van der Waals surface area (Å²) in [6.07, 6.45) is 3.98. The van der Waals surface area contributed by atoms with Crippen LogP contribution in [0.5, 0.6) is 0 Å². The molecule has 3 heterocycles.